The van der Waals surface area contributed by atoms with Crippen molar-refractivity contribution in [2.24, 2.45) is 5.92 Å². The smallest absolute Gasteiger partial charge is 0.251 e. The Morgan fingerprint density at radius 3 is 2.68 bits per heavy atom. The molecule has 2 heterocycles. The molecule has 0 aromatic heterocycles. The fourth-order valence-electron chi connectivity index (χ4n) is 4.18. The van der Waals surface area contributed by atoms with Crippen LogP contribution in [0.3, 0.4) is 0 Å². The van der Waals surface area contributed by atoms with Crippen LogP contribution in [-0.4, -0.2) is 42.4 Å². The van der Waals surface area contributed by atoms with Crippen LogP contribution in [0, 0.1) is 5.92 Å². The summed E-state index contributed by atoms with van der Waals surface area (Å²) in [6.07, 6.45) is 4.40. The van der Waals surface area contributed by atoms with Crippen molar-refractivity contribution in [2.75, 3.05) is 25.0 Å². The predicted molar refractivity (Wildman–Crippen MR) is 97.7 cm³/mol. The SMILES string of the molecule is CC(C)NC(=O)c1ccc2c(c1)C1(CCN(CC3CC3)CC1)C(=O)N2. The van der Waals surface area contributed by atoms with Gasteiger partial charge in [-0.15, -0.1) is 0 Å². The lowest BCUT2D eigenvalue weighted by Gasteiger charge is -2.38. The van der Waals surface area contributed by atoms with E-state index in [2.05, 4.69) is 15.5 Å². The van der Waals surface area contributed by atoms with Crippen molar-refractivity contribution in [3.05, 3.63) is 29.3 Å². The van der Waals surface area contributed by atoms with Crippen LogP contribution >= 0.6 is 0 Å². The van der Waals surface area contributed by atoms with Crippen LogP contribution in [0.15, 0.2) is 18.2 Å². The van der Waals surface area contributed by atoms with Crippen molar-refractivity contribution >= 4 is 17.5 Å². The molecule has 3 aliphatic rings. The molecule has 2 fully saturated rings. The highest BCUT2D eigenvalue weighted by Gasteiger charge is 2.48. The second-order valence-corrected chi connectivity index (χ2v) is 8.17. The number of hydrogen-bond acceptors (Lipinski definition) is 3. The van der Waals surface area contributed by atoms with E-state index in [1.807, 2.05) is 26.0 Å². The lowest BCUT2D eigenvalue weighted by atomic mass is 9.73. The van der Waals surface area contributed by atoms with Crippen LogP contribution in [-0.2, 0) is 10.2 Å². The third kappa shape index (κ3) is 3.06. The maximum absolute atomic E-state index is 12.8. The monoisotopic (exact) mass is 341 g/mol. The van der Waals surface area contributed by atoms with Crippen molar-refractivity contribution in [3.8, 4) is 0 Å². The topological polar surface area (TPSA) is 61.4 Å². The van der Waals surface area contributed by atoms with Gasteiger partial charge in [0.1, 0.15) is 0 Å². The normalized spacial score (nSPS) is 22.1. The van der Waals surface area contributed by atoms with E-state index in [4.69, 9.17) is 0 Å². The molecular formula is C20H27N3O2. The largest absolute Gasteiger partial charge is 0.350 e. The standard InChI is InChI=1S/C20H27N3O2/c1-13(2)21-18(24)15-5-6-17-16(11-15)20(19(25)22-17)7-9-23(10-8-20)12-14-3-4-14/h5-6,11,13-14H,3-4,7-10,12H2,1-2H3,(H,21,24)(H,22,25). The zero-order valence-corrected chi connectivity index (χ0v) is 15.1. The van der Waals surface area contributed by atoms with E-state index in [-0.39, 0.29) is 17.9 Å². The molecule has 0 radical (unpaired) electrons. The molecule has 2 amide bonds. The Balaban J connectivity index is 1.57. The number of rotatable bonds is 4. The number of carbonyl (C=O) groups is 2. The molecule has 5 heteroatoms. The molecule has 0 bridgehead atoms. The van der Waals surface area contributed by atoms with E-state index in [1.54, 1.807) is 6.07 Å². The Bertz CT molecular complexity index is 701. The van der Waals surface area contributed by atoms with Crippen molar-refractivity contribution in [3.63, 3.8) is 0 Å². The summed E-state index contributed by atoms with van der Waals surface area (Å²) in [7, 11) is 0. The summed E-state index contributed by atoms with van der Waals surface area (Å²) in [6.45, 7) is 7.01. The zero-order valence-electron chi connectivity index (χ0n) is 15.1. The third-order valence-corrected chi connectivity index (χ3v) is 5.82. The van der Waals surface area contributed by atoms with Crippen molar-refractivity contribution in [1.29, 1.82) is 0 Å². The van der Waals surface area contributed by atoms with Gasteiger partial charge < -0.3 is 15.5 Å². The predicted octanol–water partition coefficient (Wildman–Crippen LogP) is 2.52. The van der Waals surface area contributed by atoms with Crippen LogP contribution < -0.4 is 10.6 Å². The van der Waals surface area contributed by atoms with Gasteiger partial charge in [-0.2, -0.15) is 0 Å². The summed E-state index contributed by atoms with van der Waals surface area (Å²) in [4.78, 5) is 27.6. The molecule has 0 unspecified atom stereocenters. The molecule has 1 aromatic rings. The van der Waals surface area contributed by atoms with Crippen LogP contribution in [0.2, 0.25) is 0 Å². The summed E-state index contributed by atoms with van der Waals surface area (Å²) in [5.41, 5.74) is 2.08. The van der Waals surface area contributed by atoms with Gasteiger partial charge in [0.05, 0.1) is 5.41 Å². The number of carbonyl (C=O) groups excluding carboxylic acids is 2. The van der Waals surface area contributed by atoms with Crippen LogP contribution in [0.25, 0.3) is 0 Å². The van der Waals surface area contributed by atoms with Gasteiger partial charge >= 0.3 is 0 Å². The number of anilines is 1. The first-order valence-corrected chi connectivity index (χ1v) is 9.47. The van der Waals surface area contributed by atoms with E-state index in [0.29, 0.717) is 5.56 Å². The first-order valence-electron chi connectivity index (χ1n) is 9.47. The van der Waals surface area contributed by atoms with E-state index < -0.39 is 5.41 Å². The Hall–Kier alpha value is -1.88. The van der Waals surface area contributed by atoms with Gasteiger partial charge in [0.15, 0.2) is 0 Å². The highest BCUT2D eigenvalue weighted by Crippen LogP contribution is 2.45. The second-order valence-electron chi connectivity index (χ2n) is 8.17. The molecule has 0 atom stereocenters. The molecular weight excluding hydrogens is 314 g/mol. The van der Waals surface area contributed by atoms with Gasteiger partial charge in [-0.3, -0.25) is 9.59 Å². The maximum Gasteiger partial charge on any atom is 0.251 e. The van der Waals surface area contributed by atoms with E-state index in [9.17, 15) is 9.59 Å². The first-order chi connectivity index (χ1) is 12.0. The number of nitrogens with zero attached hydrogens (tertiary/aromatic N) is 1. The summed E-state index contributed by atoms with van der Waals surface area (Å²) >= 11 is 0. The number of likely N-dealkylation sites (tertiary alicyclic amines) is 1. The van der Waals surface area contributed by atoms with Gasteiger partial charge in [-0.05, 0) is 82.3 Å². The highest BCUT2D eigenvalue weighted by atomic mass is 16.2. The van der Waals surface area contributed by atoms with E-state index >= 15 is 0 Å². The second kappa shape index (κ2) is 6.13. The van der Waals surface area contributed by atoms with Crippen molar-refractivity contribution in [1.82, 2.24) is 10.2 Å². The fourth-order valence-corrected chi connectivity index (χ4v) is 4.18. The van der Waals surface area contributed by atoms with E-state index in [0.717, 1.165) is 43.1 Å². The highest BCUT2D eigenvalue weighted by molar-refractivity contribution is 6.07. The van der Waals surface area contributed by atoms with E-state index in [1.165, 1.54) is 19.4 Å². The van der Waals surface area contributed by atoms with Gasteiger partial charge in [-0.25, -0.2) is 0 Å². The summed E-state index contributed by atoms with van der Waals surface area (Å²) in [5, 5.41) is 5.98. The number of amides is 2. The lowest BCUT2D eigenvalue weighted by Crippen LogP contribution is -2.47. The van der Waals surface area contributed by atoms with Crippen LogP contribution in [0.1, 0.15) is 55.5 Å². The number of nitrogens with one attached hydrogen (secondary N) is 2. The molecule has 2 N–H and O–H groups in total. The zero-order chi connectivity index (χ0) is 17.6. The molecule has 25 heavy (non-hydrogen) atoms. The minimum Gasteiger partial charge on any atom is -0.350 e. The number of piperidine rings is 1. The Labute approximate surface area is 149 Å². The summed E-state index contributed by atoms with van der Waals surface area (Å²) in [5.74, 6) is 0.915. The van der Waals surface area contributed by atoms with Crippen molar-refractivity contribution < 1.29 is 9.59 Å². The third-order valence-electron chi connectivity index (χ3n) is 5.82. The molecule has 5 nitrogen and oxygen atoms in total. The molecule has 1 saturated heterocycles. The Kier molecular flexibility index (Phi) is 4.07. The maximum atomic E-state index is 12.8. The molecule has 1 aliphatic carbocycles. The van der Waals surface area contributed by atoms with Gasteiger partial charge in [-0.1, -0.05) is 0 Å². The summed E-state index contributed by atoms with van der Waals surface area (Å²) < 4.78 is 0. The summed E-state index contributed by atoms with van der Waals surface area (Å²) in [6, 6.07) is 5.72. The van der Waals surface area contributed by atoms with Gasteiger partial charge in [0.2, 0.25) is 5.91 Å². The van der Waals surface area contributed by atoms with Crippen LogP contribution in [0.4, 0.5) is 5.69 Å². The molecule has 1 aromatic carbocycles. The molecule has 2 aliphatic heterocycles. The lowest BCUT2D eigenvalue weighted by molar-refractivity contribution is -0.122. The molecule has 1 saturated carbocycles. The Morgan fingerprint density at radius 2 is 2.04 bits per heavy atom. The minimum absolute atomic E-state index is 0.0709. The average molecular weight is 341 g/mol. The molecule has 134 valence electrons. The van der Waals surface area contributed by atoms with Gasteiger partial charge in [0.25, 0.3) is 5.91 Å². The Morgan fingerprint density at radius 1 is 1.32 bits per heavy atom. The van der Waals surface area contributed by atoms with Crippen molar-refractivity contribution in [2.45, 2.75) is 51.0 Å². The van der Waals surface area contributed by atoms with Crippen LogP contribution in [0.5, 0.6) is 0 Å². The fraction of sp³-hybridized carbons (Fsp3) is 0.600. The average Bonchev–Trinajstić information content (AvgIpc) is 3.35. The number of fused-ring (bicyclic) bond motifs is 2. The molecule has 4 rings (SSSR count). The molecule has 1 spiro atoms. The quantitative estimate of drug-likeness (QED) is 0.885. The van der Waals surface area contributed by atoms with Gasteiger partial charge in [0, 0.05) is 23.8 Å². The number of benzene rings is 1. The minimum atomic E-state index is -0.455. The first kappa shape index (κ1) is 16.6. The number of hydrogen-bond donors (Lipinski definition) is 2.